The molecule has 162 valence electrons. The first-order chi connectivity index (χ1) is 14.8. The fraction of sp³-hybridized carbons (Fsp3) is 0.208. The molecule has 0 spiro atoms. The number of hydrogen-bond acceptors (Lipinski definition) is 4. The molecule has 7 heteroatoms. The second-order valence-electron chi connectivity index (χ2n) is 7.18. The number of rotatable bonds is 8. The van der Waals surface area contributed by atoms with Gasteiger partial charge in [-0.1, -0.05) is 24.3 Å². The molecule has 3 aromatic rings. The number of benzene rings is 3. The van der Waals surface area contributed by atoms with Gasteiger partial charge < -0.3 is 10.1 Å². The van der Waals surface area contributed by atoms with E-state index in [-0.39, 0.29) is 16.9 Å². The molecule has 0 aliphatic heterocycles. The molecule has 1 amide bonds. The fourth-order valence-electron chi connectivity index (χ4n) is 3.11. The SMILES string of the molecule is CCN(c1ccccc1)S(=O)(=O)c1ccc(NC(=O)c2cccc(OC(C)C)c2)cc1. The third kappa shape index (κ3) is 5.44. The van der Waals surface area contributed by atoms with Crippen molar-refractivity contribution in [1.29, 1.82) is 0 Å². The van der Waals surface area contributed by atoms with Gasteiger partial charge in [-0.3, -0.25) is 9.10 Å². The first-order valence-corrected chi connectivity index (χ1v) is 11.5. The van der Waals surface area contributed by atoms with E-state index in [1.54, 1.807) is 67.6 Å². The molecule has 1 N–H and O–H groups in total. The summed E-state index contributed by atoms with van der Waals surface area (Å²) in [7, 11) is -3.71. The Hall–Kier alpha value is -3.32. The Morgan fingerprint density at radius 2 is 1.65 bits per heavy atom. The van der Waals surface area contributed by atoms with E-state index in [4.69, 9.17) is 4.74 Å². The molecule has 0 radical (unpaired) electrons. The van der Waals surface area contributed by atoms with Crippen molar-refractivity contribution in [2.45, 2.75) is 31.8 Å². The predicted molar refractivity (Wildman–Crippen MR) is 123 cm³/mol. The lowest BCUT2D eigenvalue weighted by Crippen LogP contribution is -2.30. The van der Waals surface area contributed by atoms with Crippen molar-refractivity contribution >= 4 is 27.3 Å². The molecular weight excluding hydrogens is 412 g/mol. The molecule has 0 aromatic heterocycles. The Bertz CT molecular complexity index is 1130. The number of carbonyl (C=O) groups is 1. The van der Waals surface area contributed by atoms with E-state index in [0.29, 0.717) is 29.2 Å². The standard InChI is InChI=1S/C24H26N2O4S/c1-4-26(21-10-6-5-7-11-21)31(28,29)23-15-13-20(14-16-23)25-24(27)19-9-8-12-22(17-19)30-18(2)3/h5-18H,4H2,1-3H3,(H,25,27). The van der Waals surface area contributed by atoms with Gasteiger partial charge in [0.15, 0.2) is 0 Å². The van der Waals surface area contributed by atoms with E-state index < -0.39 is 10.0 Å². The van der Waals surface area contributed by atoms with Gasteiger partial charge in [0.05, 0.1) is 16.7 Å². The van der Waals surface area contributed by atoms with E-state index in [0.717, 1.165) is 0 Å². The summed E-state index contributed by atoms with van der Waals surface area (Å²) in [6.45, 7) is 5.93. The van der Waals surface area contributed by atoms with Crippen LogP contribution in [0.2, 0.25) is 0 Å². The minimum absolute atomic E-state index is 0.00590. The molecular formula is C24H26N2O4S. The van der Waals surface area contributed by atoms with Crippen LogP contribution in [0.3, 0.4) is 0 Å². The molecule has 0 atom stereocenters. The van der Waals surface area contributed by atoms with Crippen molar-refractivity contribution in [3.63, 3.8) is 0 Å². The Kier molecular flexibility index (Phi) is 6.97. The minimum Gasteiger partial charge on any atom is -0.491 e. The van der Waals surface area contributed by atoms with Gasteiger partial charge in [-0.2, -0.15) is 0 Å². The van der Waals surface area contributed by atoms with Crippen LogP contribution in [0.4, 0.5) is 11.4 Å². The molecule has 0 bridgehead atoms. The van der Waals surface area contributed by atoms with Crippen LogP contribution in [0.5, 0.6) is 5.75 Å². The van der Waals surface area contributed by atoms with E-state index in [1.807, 2.05) is 19.9 Å². The first kappa shape index (κ1) is 22.4. The number of amides is 1. The first-order valence-electron chi connectivity index (χ1n) is 10.1. The highest BCUT2D eigenvalue weighted by molar-refractivity contribution is 7.92. The van der Waals surface area contributed by atoms with Crippen molar-refractivity contribution in [2.75, 3.05) is 16.2 Å². The van der Waals surface area contributed by atoms with Crippen LogP contribution in [0, 0.1) is 0 Å². The Balaban J connectivity index is 1.76. The lowest BCUT2D eigenvalue weighted by molar-refractivity contribution is 0.102. The van der Waals surface area contributed by atoms with E-state index in [1.165, 1.54) is 16.4 Å². The van der Waals surface area contributed by atoms with Gasteiger partial charge in [0.25, 0.3) is 15.9 Å². The zero-order valence-electron chi connectivity index (χ0n) is 17.8. The maximum Gasteiger partial charge on any atom is 0.264 e. The summed E-state index contributed by atoms with van der Waals surface area (Å²) in [5, 5.41) is 2.79. The van der Waals surface area contributed by atoms with Gasteiger partial charge in [0.1, 0.15) is 5.75 Å². The summed E-state index contributed by atoms with van der Waals surface area (Å²) in [6, 6.07) is 22.0. The average molecular weight is 439 g/mol. The molecule has 3 rings (SSSR count). The Morgan fingerprint density at radius 3 is 2.26 bits per heavy atom. The fourth-order valence-corrected chi connectivity index (χ4v) is 4.58. The van der Waals surface area contributed by atoms with E-state index in [2.05, 4.69) is 5.32 Å². The summed E-state index contributed by atoms with van der Waals surface area (Å²) in [6.07, 6.45) is 0.00590. The highest BCUT2D eigenvalue weighted by atomic mass is 32.2. The van der Waals surface area contributed by atoms with Gasteiger partial charge >= 0.3 is 0 Å². The quantitative estimate of drug-likeness (QED) is 0.540. The van der Waals surface area contributed by atoms with Crippen molar-refractivity contribution < 1.29 is 17.9 Å². The van der Waals surface area contributed by atoms with Crippen LogP contribution in [0.15, 0.2) is 83.8 Å². The summed E-state index contributed by atoms with van der Waals surface area (Å²) in [5.74, 6) is 0.314. The van der Waals surface area contributed by atoms with Gasteiger partial charge in [0, 0.05) is 17.8 Å². The van der Waals surface area contributed by atoms with Crippen molar-refractivity contribution in [3.05, 3.63) is 84.4 Å². The minimum atomic E-state index is -3.71. The second-order valence-corrected chi connectivity index (χ2v) is 9.04. The number of carbonyl (C=O) groups excluding carboxylic acids is 1. The highest BCUT2D eigenvalue weighted by Gasteiger charge is 2.23. The third-order valence-corrected chi connectivity index (χ3v) is 6.42. The Labute approximate surface area is 183 Å². The van der Waals surface area contributed by atoms with Crippen LogP contribution in [0.1, 0.15) is 31.1 Å². The number of nitrogens with one attached hydrogen (secondary N) is 1. The van der Waals surface area contributed by atoms with E-state index >= 15 is 0 Å². The topological polar surface area (TPSA) is 75.7 Å². The van der Waals surface area contributed by atoms with Gasteiger partial charge in [-0.25, -0.2) is 8.42 Å². The summed E-state index contributed by atoms with van der Waals surface area (Å²) in [5.41, 5.74) is 1.56. The summed E-state index contributed by atoms with van der Waals surface area (Å²) in [4.78, 5) is 12.7. The van der Waals surface area contributed by atoms with Crippen molar-refractivity contribution in [3.8, 4) is 5.75 Å². The maximum absolute atomic E-state index is 13.1. The summed E-state index contributed by atoms with van der Waals surface area (Å²) < 4.78 is 33.1. The van der Waals surface area contributed by atoms with Gasteiger partial charge in [-0.15, -0.1) is 0 Å². The van der Waals surface area contributed by atoms with E-state index in [9.17, 15) is 13.2 Å². The molecule has 0 heterocycles. The van der Waals surface area contributed by atoms with Crippen LogP contribution < -0.4 is 14.4 Å². The van der Waals surface area contributed by atoms with Crippen LogP contribution in [-0.4, -0.2) is 27.0 Å². The summed E-state index contributed by atoms with van der Waals surface area (Å²) >= 11 is 0. The molecule has 0 saturated heterocycles. The number of anilines is 2. The smallest absolute Gasteiger partial charge is 0.264 e. The van der Waals surface area contributed by atoms with Gasteiger partial charge in [-0.05, 0) is 75.4 Å². The largest absolute Gasteiger partial charge is 0.491 e. The van der Waals surface area contributed by atoms with Crippen molar-refractivity contribution in [2.24, 2.45) is 0 Å². The molecule has 3 aromatic carbocycles. The molecule has 0 saturated carbocycles. The lowest BCUT2D eigenvalue weighted by atomic mass is 10.2. The van der Waals surface area contributed by atoms with Gasteiger partial charge in [0.2, 0.25) is 0 Å². The van der Waals surface area contributed by atoms with Crippen LogP contribution in [0.25, 0.3) is 0 Å². The zero-order chi connectivity index (χ0) is 22.4. The molecule has 0 fully saturated rings. The molecule has 0 aliphatic carbocycles. The average Bonchev–Trinajstić information content (AvgIpc) is 2.75. The zero-order valence-corrected chi connectivity index (χ0v) is 18.6. The van der Waals surface area contributed by atoms with Crippen LogP contribution >= 0.6 is 0 Å². The molecule has 6 nitrogen and oxygen atoms in total. The highest BCUT2D eigenvalue weighted by Crippen LogP contribution is 2.24. The lowest BCUT2D eigenvalue weighted by Gasteiger charge is -2.23. The molecule has 0 aliphatic rings. The monoisotopic (exact) mass is 438 g/mol. The number of hydrogen-bond donors (Lipinski definition) is 1. The van der Waals surface area contributed by atoms with Crippen LogP contribution in [-0.2, 0) is 10.0 Å². The normalized spacial score (nSPS) is 11.2. The third-order valence-electron chi connectivity index (χ3n) is 4.50. The molecule has 31 heavy (non-hydrogen) atoms. The van der Waals surface area contributed by atoms with Crippen molar-refractivity contribution in [1.82, 2.24) is 0 Å². The number of sulfonamides is 1. The molecule has 0 unspecified atom stereocenters. The number of nitrogens with zero attached hydrogens (tertiary/aromatic N) is 1. The number of ether oxygens (including phenoxy) is 1. The Morgan fingerprint density at radius 1 is 0.968 bits per heavy atom. The maximum atomic E-state index is 13.1. The second kappa shape index (κ2) is 9.66. The predicted octanol–water partition coefficient (Wildman–Crippen LogP) is 4.94. The number of para-hydroxylation sites is 1.